The van der Waals surface area contributed by atoms with Crippen molar-refractivity contribution in [2.45, 2.75) is 26.8 Å². The van der Waals surface area contributed by atoms with E-state index >= 15 is 0 Å². The van der Waals surface area contributed by atoms with Gasteiger partial charge in [-0.25, -0.2) is 9.48 Å². The molecule has 0 saturated heterocycles. The van der Waals surface area contributed by atoms with Crippen molar-refractivity contribution in [2.24, 2.45) is 0 Å². The van der Waals surface area contributed by atoms with E-state index < -0.39 is 5.97 Å². The van der Waals surface area contributed by atoms with E-state index in [1.807, 2.05) is 0 Å². The number of hydrogen-bond acceptors (Lipinski definition) is 3. The van der Waals surface area contributed by atoms with Crippen LogP contribution in [0.3, 0.4) is 0 Å². The number of carbonyl (C=O) groups is 1. The van der Waals surface area contributed by atoms with Gasteiger partial charge in [-0.15, -0.1) is 0 Å². The highest BCUT2D eigenvalue weighted by Crippen LogP contribution is 2.00. The maximum absolute atomic E-state index is 11.4. The summed E-state index contributed by atoms with van der Waals surface area (Å²) in [5, 5.41) is 12.7. The highest BCUT2D eigenvalue weighted by molar-refractivity contribution is 5.86. The van der Waals surface area contributed by atoms with Gasteiger partial charge >= 0.3 is 5.97 Å². The summed E-state index contributed by atoms with van der Waals surface area (Å²) in [4.78, 5) is 22.1. The van der Waals surface area contributed by atoms with Crippen LogP contribution in [0.4, 0.5) is 0 Å². The fourth-order valence-electron chi connectivity index (χ4n) is 1.24. The third-order valence-corrected chi connectivity index (χ3v) is 2.17. The minimum absolute atomic E-state index is 0.189. The molecule has 0 aliphatic rings. The molecule has 0 atom stereocenters. The molecule has 1 heterocycles. The number of carboxylic acids is 1. The van der Waals surface area contributed by atoms with Crippen molar-refractivity contribution in [1.82, 2.24) is 9.78 Å². The number of aromatic nitrogens is 2. The summed E-state index contributed by atoms with van der Waals surface area (Å²) < 4.78 is 1.23. The van der Waals surface area contributed by atoms with Crippen molar-refractivity contribution in [3.63, 3.8) is 0 Å². The minimum Gasteiger partial charge on any atom is -0.478 e. The molecule has 1 rings (SSSR count). The summed E-state index contributed by atoms with van der Waals surface area (Å²) in [5.74, 6) is -0.956. The van der Waals surface area contributed by atoms with E-state index in [4.69, 9.17) is 5.11 Å². The molecular weight excluding hydrogens is 208 g/mol. The molecule has 0 unspecified atom stereocenters. The van der Waals surface area contributed by atoms with Crippen LogP contribution in [0.25, 0.3) is 0 Å². The first-order valence-corrected chi connectivity index (χ1v) is 5.00. The van der Waals surface area contributed by atoms with Gasteiger partial charge < -0.3 is 5.11 Å². The van der Waals surface area contributed by atoms with Crippen LogP contribution < -0.4 is 5.56 Å². The van der Waals surface area contributed by atoms with E-state index in [1.165, 1.54) is 16.8 Å². The second-order valence-corrected chi connectivity index (χ2v) is 3.44. The molecule has 5 heteroatoms. The molecule has 0 aromatic carbocycles. The molecule has 0 aliphatic carbocycles. The smallest absolute Gasteiger partial charge is 0.331 e. The van der Waals surface area contributed by atoms with Crippen LogP contribution in [0.1, 0.15) is 18.9 Å². The van der Waals surface area contributed by atoms with Gasteiger partial charge in [0.05, 0.1) is 12.7 Å². The molecule has 0 bridgehead atoms. The molecule has 5 nitrogen and oxygen atoms in total. The predicted octanol–water partition coefficient (Wildman–Crippen LogP) is 0.973. The Labute approximate surface area is 93.0 Å². The Morgan fingerprint density at radius 3 is 2.81 bits per heavy atom. The molecule has 0 radical (unpaired) electrons. The predicted molar refractivity (Wildman–Crippen MR) is 59.2 cm³/mol. The van der Waals surface area contributed by atoms with Gasteiger partial charge in [-0.1, -0.05) is 13.0 Å². The third kappa shape index (κ3) is 3.05. The monoisotopic (exact) mass is 222 g/mol. The number of carboxylic acid groups (broad SMARTS) is 1. The largest absolute Gasteiger partial charge is 0.478 e. The Kier molecular flexibility index (Phi) is 3.99. The van der Waals surface area contributed by atoms with Gasteiger partial charge in [0.25, 0.3) is 5.56 Å². The van der Waals surface area contributed by atoms with Crippen molar-refractivity contribution in [3.05, 3.63) is 39.8 Å². The van der Waals surface area contributed by atoms with Gasteiger partial charge in [0.1, 0.15) is 0 Å². The van der Waals surface area contributed by atoms with Crippen LogP contribution >= 0.6 is 0 Å². The molecule has 0 spiro atoms. The van der Waals surface area contributed by atoms with Gasteiger partial charge in [0.2, 0.25) is 0 Å². The number of aliphatic carboxylic acids is 1. The van der Waals surface area contributed by atoms with Gasteiger partial charge in [0, 0.05) is 11.6 Å². The summed E-state index contributed by atoms with van der Waals surface area (Å²) in [6.45, 7) is 3.73. The lowest BCUT2D eigenvalue weighted by Gasteiger charge is -2.02. The van der Waals surface area contributed by atoms with Crippen molar-refractivity contribution in [1.29, 1.82) is 0 Å². The second-order valence-electron chi connectivity index (χ2n) is 3.44. The van der Waals surface area contributed by atoms with Crippen molar-refractivity contribution >= 4 is 5.97 Å². The summed E-state index contributed by atoms with van der Waals surface area (Å²) in [5.41, 5.74) is 0.852. The first-order valence-electron chi connectivity index (χ1n) is 5.00. The zero-order chi connectivity index (χ0) is 12.1. The van der Waals surface area contributed by atoms with E-state index in [1.54, 1.807) is 20.0 Å². The van der Waals surface area contributed by atoms with Gasteiger partial charge in [-0.3, -0.25) is 4.79 Å². The molecule has 0 aliphatic heterocycles. The number of allylic oxidation sites excluding steroid dienone is 1. The lowest BCUT2D eigenvalue weighted by atomic mass is 10.2. The molecule has 16 heavy (non-hydrogen) atoms. The van der Waals surface area contributed by atoms with Crippen LogP contribution in [0, 0.1) is 6.92 Å². The molecule has 1 N–H and O–H groups in total. The Morgan fingerprint density at radius 2 is 2.31 bits per heavy atom. The second kappa shape index (κ2) is 5.25. The molecule has 1 aromatic heterocycles. The summed E-state index contributed by atoms with van der Waals surface area (Å²) >= 11 is 0. The molecule has 0 amide bonds. The average molecular weight is 222 g/mol. The topological polar surface area (TPSA) is 72.2 Å². The van der Waals surface area contributed by atoms with Crippen LogP contribution in [0.2, 0.25) is 0 Å². The fraction of sp³-hybridized carbons (Fsp3) is 0.364. The van der Waals surface area contributed by atoms with Crippen molar-refractivity contribution < 1.29 is 9.90 Å². The quantitative estimate of drug-likeness (QED) is 0.770. The third-order valence-electron chi connectivity index (χ3n) is 2.17. The van der Waals surface area contributed by atoms with Crippen LogP contribution in [-0.4, -0.2) is 20.9 Å². The summed E-state index contributed by atoms with van der Waals surface area (Å²) in [6, 6.07) is 1.47. The Bertz CT molecular complexity index is 474. The normalized spacial score (nSPS) is 11.5. The maximum atomic E-state index is 11.4. The average Bonchev–Trinajstić information content (AvgIpc) is 2.21. The highest BCUT2D eigenvalue weighted by Gasteiger charge is 2.04. The lowest BCUT2D eigenvalue weighted by molar-refractivity contribution is -0.132. The first-order chi connectivity index (χ1) is 7.54. The number of nitrogens with zero attached hydrogens (tertiary/aromatic N) is 2. The zero-order valence-electron chi connectivity index (χ0n) is 9.30. The summed E-state index contributed by atoms with van der Waals surface area (Å²) in [6.07, 6.45) is 3.50. The SMILES string of the molecule is CCC(=CCn1ncc(C)cc1=O)C(=O)O. The van der Waals surface area contributed by atoms with Crippen LogP contribution in [0.15, 0.2) is 28.7 Å². The van der Waals surface area contributed by atoms with Gasteiger partial charge in [-0.2, -0.15) is 5.10 Å². The van der Waals surface area contributed by atoms with E-state index in [-0.39, 0.29) is 17.7 Å². The minimum atomic E-state index is -0.956. The molecule has 0 saturated carbocycles. The Hall–Kier alpha value is -1.91. The van der Waals surface area contributed by atoms with Gasteiger partial charge in [0.15, 0.2) is 0 Å². The number of aryl methyl sites for hydroxylation is 1. The molecule has 1 aromatic rings. The van der Waals surface area contributed by atoms with Gasteiger partial charge in [-0.05, 0) is 18.9 Å². The lowest BCUT2D eigenvalue weighted by Crippen LogP contribution is -2.21. The van der Waals surface area contributed by atoms with E-state index in [2.05, 4.69) is 5.10 Å². The maximum Gasteiger partial charge on any atom is 0.331 e. The molecular formula is C11H14N2O3. The fourth-order valence-corrected chi connectivity index (χ4v) is 1.24. The first kappa shape index (κ1) is 12.2. The summed E-state index contributed by atoms with van der Waals surface area (Å²) in [7, 11) is 0. The molecule has 0 fully saturated rings. The van der Waals surface area contributed by atoms with E-state index in [0.29, 0.717) is 6.42 Å². The molecule has 86 valence electrons. The standard InChI is InChI=1S/C11H14N2O3/c1-3-9(11(15)16)4-5-13-10(14)6-8(2)7-12-13/h4,6-7H,3,5H2,1-2H3,(H,15,16). The van der Waals surface area contributed by atoms with Crippen LogP contribution in [0.5, 0.6) is 0 Å². The number of hydrogen-bond donors (Lipinski definition) is 1. The van der Waals surface area contributed by atoms with Crippen LogP contribution in [-0.2, 0) is 11.3 Å². The number of rotatable bonds is 4. The Balaban J connectivity index is 2.89. The van der Waals surface area contributed by atoms with Crippen molar-refractivity contribution in [2.75, 3.05) is 0 Å². The highest BCUT2D eigenvalue weighted by atomic mass is 16.4. The zero-order valence-corrected chi connectivity index (χ0v) is 9.30. The van der Waals surface area contributed by atoms with Crippen molar-refractivity contribution in [3.8, 4) is 0 Å². The van der Waals surface area contributed by atoms with E-state index in [0.717, 1.165) is 5.56 Å². The van der Waals surface area contributed by atoms with E-state index in [9.17, 15) is 9.59 Å². The Morgan fingerprint density at radius 1 is 1.62 bits per heavy atom.